The Morgan fingerprint density at radius 1 is 1.42 bits per heavy atom. The molecule has 0 fully saturated rings. The second kappa shape index (κ2) is 6.91. The summed E-state index contributed by atoms with van der Waals surface area (Å²) in [7, 11) is 0. The Kier molecular flexibility index (Phi) is 5.82. The number of amides is 1. The zero-order valence-electron chi connectivity index (χ0n) is 11.4. The first-order valence-electron chi connectivity index (χ1n) is 6.33. The molecule has 4 N–H and O–H groups in total. The summed E-state index contributed by atoms with van der Waals surface area (Å²) in [4.78, 5) is 11.9. The van der Waals surface area contributed by atoms with Crippen LogP contribution in [0, 0.1) is 5.41 Å². The molecule has 0 atom stereocenters. The molecule has 1 aromatic carbocycles. The summed E-state index contributed by atoms with van der Waals surface area (Å²) in [5.41, 5.74) is 6.03. The number of carbonyl (C=O) groups is 1. The van der Waals surface area contributed by atoms with Crippen LogP contribution in [0.25, 0.3) is 0 Å². The number of benzene rings is 1. The quantitative estimate of drug-likeness (QED) is 0.701. The topological polar surface area (TPSA) is 75.4 Å². The molecule has 0 spiro atoms. The van der Waals surface area contributed by atoms with Crippen LogP contribution in [0.5, 0.6) is 5.75 Å². The molecule has 1 amide bonds. The Bertz CT molecular complexity index is 447. The highest BCUT2D eigenvalue weighted by Gasteiger charge is 2.18. The van der Waals surface area contributed by atoms with Crippen molar-refractivity contribution in [1.82, 2.24) is 0 Å². The van der Waals surface area contributed by atoms with Gasteiger partial charge in [0.25, 0.3) is 0 Å². The van der Waals surface area contributed by atoms with Crippen LogP contribution in [0.2, 0.25) is 0 Å². The number of phenols is 1. The summed E-state index contributed by atoms with van der Waals surface area (Å²) in [5, 5.41) is 12.5. The highest BCUT2D eigenvalue weighted by Crippen LogP contribution is 2.32. The molecule has 0 aromatic heterocycles. The van der Waals surface area contributed by atoms with E-state index in [4.69, 9.17) is 5.73 Å². The fourth-order valence-electron chi connectivity index (χ4n) is 1.80. The van der Waals surface area contributed by atoms with Gasteiger partial charge in [-0.25, -0.2) is 0 Å². The van der Waals surface area contributed by atoms with Crippen LogP contribution in [-0.2, 0) is 4.79 Å². The van der Waals surface area contributed by atoms with E-state index in [0.717, 1.165) is 12.8 Å². The van der Waals surface area contributed by atoms with Gasteiger partial charge in [-0.3, -0.25) is 4.79 Å². The second-order valence-electron chi connectivity index (χ2n) is 5.39. The van der Waals surface area contributed by atoms with Crippen LogP contribution >= 0.6 is 15.9 Å². The number of hydrogen-bond acceptors (Lipinski definition) is 3. The van der Waals surface area contributed by atoms with Gasteiger partial charge in [0.05, 0.1) is 10.2 Å². The smallest absolute Gasteiger partial charge is 0.224 e. The normalized spacial score (nSPS) is 11.4. The van der Waals surface area contributed by atoms with Gasteiger partial charge in [-0.2, -0.15) is 0 Å². The van der Waals surface area contributed by atoms with E-state index in [1.807, 2.05) is 0 Å². The first-order valence-corrected chi connectivity index (χ1v) is 7.12. The predicted octanol–water partition coefficient (Wildman–Crippen LogP) is 3.25. The number of para-hydroxylation sites is 1. The van der Waals surface area contributed by atoms with Crippen molar-refractivity contribution >= 4 is 27.5 Å². The van der Waals surface area contributed by atoms with E-state index in [1.54, 1.807) is 18.2 Å². The van der Waals surface area contributed by atoms with E-state index < -0.39 is 0 Å². The minimum atomic E-state index is -0.0986. The first kappa shape index (κ1) is 16.0. The molecule has 0 aliphatic heterocycles. The standard InChI is InChI=1S/C14H21BrN2O2/c1-14(2,8-9-16)7-6-12(18)17-11-5-3-4-10(15)13(11)19/h3-5,19H,6-9,16H2,1-2H3,(H,17,18). The van der Waals surface area contributed by atoms with Gasteiger partial charge in [0, 0.05) is 6.42 Å². The number of aromatic hydroxyl groups is 1. The Morgan fingerprint density at radius 3 is 2.74 bits per heavy atom. The number of halogens is 1. The van der Waals surface area contributed by atoms with Gasteiger partial charge < -0.3 is 16.2 Å². The lowest BCUT2D eigenvalue weighted by Gasteiger charge is -2.23. The van der Waals surface area contributed by atoms with Gasteiger partial charge in [0.2, 0.25) is 5.91 Å². The van der Waals surface area contributed by atoms with Crippen molar-refractivity contribution in [3.8, 4) is 5.75 Å². The average molecular weight is 329 g/mol. The molecule has 19 heavy (non-hydrogen) atoms. The summed E-state index contributed by atoms with van der Waals surface area (Å²) < 4.78 is 0.564. The summed E-state index contributed by atoms with van der Waals surface area (Å²) in [6, 6.07) is 5.15. The van der Waals surface area contributed by atoms with Gasteiger partial charge in [-0.15, -0.1) is 0 Å². The van der Waals surface area contributed by atoms with Crippen molar-refractivity contribution in [3.63, 3.8) is 0 Å². The Morgan fingerprint density at radius 2 is 2.11 bits per heavy atom. The fourth-order valence-corrected chi connectivity index (χ4v) is 2.16. The maximum absolute atomic E-state index is 11.9. The Hall–Kier alpha value is -1.07. The number of rotatable bonds is 6. The lowest BCUT2D eigenvalue weighted by Crippen LogP contribution is -2.20. The lowest BCUT2D eigenvalue weighted by molar-refractivity contribution is -0.116. The molecule has 0 unspecified atom stereocenters. The van der Waals surface area contributed by atoms with Crippen LogP contribution in [0.3, 0.4) is 0 Å². The van der Waals surface area contributed by atoms with Crippen LogP contribution < -0.4 is 11.1 Å². The van der Waals surface area contributed by atoms with Gasteiger partial charge in [-0.05, 0) is 52.9 Å². The zero-order valence-corrected chi connectivity index (χ0v) is 13.0. The maximum atomic E-state index is 11.9. The van der Waals surface area contributed by atoms with E-state index >= 15 is 0 Å². The van der Waals surface area contributed by atoms with Gasteiger partial charge in [-0.1, -0.05) is 19.9 Å². The third-order valence-electron chi connectivity index (χ3n) is 3.11. The number of carbonyl (C=O) groups excluding carboxylic acids is 1. The Labute approximate surface area is 122 Å². The highest BCUT2D eigenvalue weighted by atomic mass is 79.9. The number of hydrogen-bond donors (Lipinski definition) is 3. The molecular weight excluding hydrogens is 308 g/mol. The molecule has 106 valence electrons. The largest absolute Gasteiger partial charge is 0.505 e. The number of phenolic OH excluding ortho intramolecular Hbond substituents is 1. The average Bonchev–Trinajstić information content (AvgIpc) is 2.33. The monoisotopic (exact) mass is 328 g/mol. The third kappa shape index (κ3) is 5.20. The molecule has 4 nitrogen and oxygen atoms in total. The van der Waals surface area contributed by atoms with Gasteiger partial charge >= 0.3 is 0 Å². The summed E-state index contributed by atoms with van der Waals surface area (Å²) in [6.45, 7) is 4.83. The SMILES string of the molecule is CC(C)(CCN)CCC(=O)Nc1cccc(Br)c1O. The van der Waals surface area contributed by atoms with Crippen molar-refractivity contribution in [2.75, 3.05) is 11.9 Å². The number of anilines is 1. The minimum absolute atomic E-state index is 0.0528. The van der Waals surface area contributed by atoms with Crippen molar-refractivity contribution in [2.45, 2.75) is 33.1 Å². The number of nitrogens with two attached hydrogens (primary N) is 1. The van der Waals surface area contributed by atoms with Crippen LogP contribution in [0.1, 0.15) is 33.1 Å². The van der Waals surface area contributed by atoms with Crippen molar-refractivity contribution < 1.29 is 9.90 Å². The molecular formula is C14H21BrN2O2. The lowest BCUT2D eigenvalue weighted by atomic mass is 9.84. The van der Waals surface area contributed by atoms with Crippen molar-refractivity contribution in [3.05, 3.63) is 22.7 Å². The molecule has 0 heterocycles. The molecule has 0 radical (unpaired) electrons. The van der Waals surface area contributed by atoms with Gasteiger partial charge in [0.15, 0.2) is 5.75 Å². The van der Waals surface area contributed by atoms with E-state index in [1.165, 1.54) is 0 Å². The molecule has 0 aliphatic rings. The summed E-state index contributed by atoms with van der Waals surface area (Å²) in [5.74, 6) is -0.0458. The Balaban J connectivity index is 2.54. The first-order chi connectivity index (χ1) is 8.85. The fraction of sp³-hybridized carbons (Fsp3) is 0.500. The van der Waals surface area contributed by atoms with E-state index in [9.17, 15) is 9.90 Å². The van der Waals surface area contributed by atoms with Gasteiger partial charge in [0.1, 0.15) is 0 Å². The molecule has 1 rings (SSSR count). The second-order valence-corrected chi connectivity index (χ2v) is 6.24. The summed E-state index contributed by atoms with van der Waals surface area (Å²) in [6.07, 6.45) is 2.08. The van der Waals surface area contributed by atoms with Crippen LogP contribution in [0.4, 0.5) is 5.69 Å². The number of nitrogens with one attached hydrogen (secondary N) is 1. The highest BCUT2D eigenvalue weighted by molar-refractivity contribution is 9.10. The zero-order chi connectivity index (χ0) is 14.5. The predicted molar refractivity (Wildman–Crippen MR) is 81.1 cm³/mol. The van der Waals surface area contributed by atoms with E-state index in [0.29, 0.717) is 23.1 Å². The molecule has 0 bridgehead atoms. The third-order valence-corrected chi connectivity index (χ3v) is 3.75. The van der Waals surface area contributed by atoms with Crippen molar-refractivity contribution in [1.29, 1.82) is 0 Å². The van der Waals surface area contributed by atoms with E-state index in [2.05, 4.69) is 35.1 Å². The minimum Gasteiger partial charge on any atom is -0.505 e. The van der Waals surface area contributed by atoms with Crippen LogP contribution in [-0.4, -0.2) is 17.6 Å². The molecule has 1 aromatic rings. The summed E-state index contributed by atoms with van der Waals surface area (Å²) >= 11 is 3.21. The van der Waals surface area contributed by atoms with Crippen LogP contribution in [0.15, 0.2) is 22.7 Å². The maximum Gasteiger partial charge on any atom is 0.224 e. The molecule has 0 saturated heterocycles. The molecule has 0 saturated carbocycles. The van der Waals surface area contributed by atoms with E-state index in [-0.39, 0.29) is 17.1 Å². The molecule has 0 aliphatic carbocycles. The molecule has 5 heteroatoms. The van der Waals surface area contributed by atoms with Crippen molar-refractivity contribution in [2.24, 2.45) is 11.1 Å².